The summed E-state index contributed by atoms with van der Waals surface area (Å²) in [6, 6.07) is 5.77. The van der Waals surface area contributed by atoms with Crippen molar-refractivity contribution in [3.05, 3.63) is 29.3 Å². The monoisotopic (exact) mass is 228 g/mol. The fourth-order valence-corrected chi connectivity index (χ4v) is 1.98. The lowest BCUT2D eigenvalue weighted by Gasteiger charge is -2.11. The average Bonchev–Trinajstić information content (AvgIpc) is 2.75. The Balaban J connectivity index is 2.07. The van der Waals surface area contributed by atoms with Crippen molar-refractivity contribution in [2.45, 2.75) is 25.8 Å². The molecule has 0 saturated heterocycles. The van der Waals surface area contributed by atoms with E-state index in [0.717, 1.165) is 18.7 Å². The highest BCUT2D eigenvalue weighted by molar-refractivity contribution is 5.95. The van der Waals surface area contributed by atoms with Crippen molar-refractivity contribution >= 4 is 11.6 Å². The van der Waals surface area contributed by atoms with Crippen LogP contribution < -0.4 is 10.6 Å². The summed E-state index contributed by atoms with van der Waals surface area (Å²) in [5, 5.41) is 6.16. The zero-order chi connectivity index (χ0) is 12.3. The smallest absolute Gasteiger partial charge is 0.251 e. The highest BCUT2D eigenvalue weighted by Gasteiger charge is 2.14. The Kier molecular flexibility index (Phi) is 3.34. The molecule has 0 aliphatic carbocycles. The number of anilines is 1. The van der Waals surface area contributed by atoms with Crippen molar-refractivity contribution in [2.24, 2.45) is 0 Å². The van der Waals surface area contributed by atoms with Crippen LogP contribution in [-0.2, 0) is 6.42 Å². The molecule has 3 nitrogen and oxygen atoms in total. The summed E-state index contributed by atoms with van der Waals surface area (Å²) < 4.78 is 0. The quantitative estimate of drug-likeness (QED) is 0.774. The van der Waals surface area contributed by atoms with Crippen LogP contribution in [0.1, 0.15) is 29.3 Å². The highest BCUT2D eigenvalue weighted by Crippen LogP contribution is 2.22. The van der Waals surface area contributed by atoms with Crippen molar-refractivity contribution in [1.82, 2.24) is 5.32 Å². The van der Waals surface area contributed by atoms with Gasteiger partial charge in [-0.05, 0) is 37.1 Å². The Morgan fingerprint density at radius 2 is 2.47 bits per heavy atom. The van der Waals surface area contributed by atoms with E-state index >= 15 is 0 Å². The molecule has 2 N–H and O–H groups in total. The van der Waals surface area contributed by atoms with Gasteiger partial charge in [0.1, 0.15) is 0 Å². The van der Waals surface area contributed by atoms with Gasteiger partial charge in [0.15, 0.2) is 0 Å². The molecule has 0 saturated carbocycles. The number of hydrogen-bond acceptors (Lipinski definition) is 2. The largest absolute Gasteiger partial charge is 0.384 e. The zero-order valence-corrected chi connectivity index (χ0v) is 9.92. The summed E-state index contributed by atoms with van der Waals surface area (Å²) in [4.78, 5) is 11.9. The Labute approximate surface area is 102 Å². The SMILES string of the molecule is C#CCC(C)NC(=O)c1ccc2c(c1)CCN2. The van der Waals surface area contributed by atoms with Gasteiger partial charge in [-0.2, -0.15) is 0 Å². The number of terminal acetylenes is 1. The summed E-state index contributed by atoms with van der Waals surface area (Å²) in [6.45, 7) is 2.86. The van der Waals surface area contributed by atoms with Gasteiger partial charge in [0.25, 0.3) is 5.91 Å². The van der Waals surface area contributed by atoms with Gasteiger partial charge in [0.05, 0.1) is 0 Å². The van der Waals surface area contributed by atoms with E-state index in [1.165, 1.54) is 5.56 Å². The molecule has 1 aliphatic heterocycles. The van der Waals surface area contributed by atoms with Crippen LogP contribution in [0, 0.1) is 12.3 Å². The van der Waals surface area contributed by atoms with Gasteiger partial charge in [0.2, 0.25) is 0 Å². The molecule has 88 valence electrons. The maximum absolute atomic E-state index is 11.9. The molecule has 2 rings (SSSR count). The Morgan fingerprint density at radius 3 is 3.24 bits per heavy atom. The van der Waals surface area contributed by atoms with Gasteiger partial charge >= 0.3 is 0 Å². The zero-order valence-electron chi connectivity index (χ0n) is 9.92. The van der Waals surface area contributed by atoms with Gasteiger partial charge in [-0.3, -0.25) is 4.79 Å². The van der Waals surface area contributed by atoms with Crippen LogP contribution in [0.3, 0.4) is 0 Å². The van der Waals surface area contributed by atoms with E-state index in [4.69, 9.17) is 6.42 Å². The maximum Gasteiger partial charge on any atom is 0.251 e. The van der Waals surface area contributed by atoms with Gasteiger partial charge in [-0.1, -0.05) is 0 Å². The van der Waals surface area contributed by atoms with Crippen molar-refractivity contribution in [3.63, 3.8) is 0 Å². The third kappa shape index (κ3) is 2.59. The third-order valence-electron chi connectivity index (χ3n) is 2.88. The summed E-state index contributed by atoms with van der Waals surface area (Å²) in [5.74, 6) is 2.49. The van der Waals surface area contributed by atoms with Crippen LogP contribution in [0.15, 0.2) is 18.2 Å². The van der Waals surface area contributed by atoms with Crippen molar-refractivity contribution in [1.29, 1.82) is 0 Å². The van der Waals surface area contributed by atoms with Gasteiger partial charge in [-0.15, -0.1) is 12.3 Å². The van der Waals surface area contributed by atoms with E-state index in [1.807, 2.05) is 25.1 Å². The molecule has 0 bridgehead atoms. The second-order valence-electron chi connectivity index (χ2n) is 4.33. The van der Waals surface area contributed by atoms with Crippen LogP contribution >= 0.6 is 0 Å². The van der Waals surface area contributed by atoms with E-state index < -0.39 is 0 Å². The minimum absolute atomic E-state index is 0.0129. The first-order chi connectivity index (χ1) is 8.20. The lowest BCUT2D eigenvalue weighted by atomic mass is 10.1. The number of carbonyl (C=O) groups is 1. The number of rotatable bonds is 3. The van der Waals surface area contributed by atoms with Crippen molar-refractivity contribution in [2.75, 3.05) is 11.9 Å². The second kappa shape index (κ2) is 4.92. The molecule has 1 aromatic rings. The number of benzene rings is 1. The van der Waals surface area contributed by atoms with Crippen LogP contribution in [0.5, 0.6) is 0 Å². The summed E-state index contributed by atoms with van der Waals surface area (Å²) in [7, 11) is 0. The number of hydrogen-bond donors (Lipinski definition) is 2. The molecule has 3 heteroatoms. The normalized spacial score (nSPS) is 14.4. The number of nitrogens with one attached hydrogen (secondary N) is 2. The molecule has 0 aromatic heterocycles. The highest BCUT2D eigenvalue weighted by atomic mass is 16.1. The number of amides is 1. The third-order valence-corrected chi connectivity index (χ3v) is 2.88. The first kappa shape index (κ1) is 11.5. The van der Waals surface area contributed by atoms with Crippen LogP contribution in [0.25, 0.3) is 0 Å². The van der Waals surface area contributed by atoms with Gasteiger partial charge in [-0.25, -0.2) is 0 Å². The molecule has 1 heterocycles. The minimum atomic E-state index is -0.0533. The van der Waals surface area contributed by atoms with E-state index in [1.54, 1.807) is 0 Å². The topological polar surface area (TPSA) is 41.1 Å². The Morgan fingerprint density at radius 1 is 1.65 bits per heavy atom. The first-order valence-corrected chi connectivity index (χ1v) is 5.82. The Hall–Kier alpha value is -1.95. The molecular weight excluding hydrogens is 212 g/mol. The van der Waals surface area contributed by atoms with E-state index in [0.29, 0.717) is 12.0 Å². The average molecular weight is 228 g/mol. The fraction of sp³-hybridized carbons (Fsp3) is 0.357. The molecule has 1 atom stereocenters. The molecule has 0 radical (unpaired) electrons. The molecule has 1 aromatic carbocycles. The van der Waals surface area contributed by atoms with E-state index in [-0.39, 0.29) is 11.9 Å². The molecule has 1 amide bonds. The number of carbonyl (C=O) groups excluding carboxylic acids is 1. The summed E-state index contributed by atoms with van der Waals surface area (Å²) in [6.07, 6.45) is 6.74. The predicted molar refractivity (Wildman–Crippen MR) is 69.0 cm³/mol. The van der Waals surface area contributed by atoms with Crippen LogP contribution in [-0.4, -0.2) is 18.5 Å². The lowest BCUT2D eigenvalue weighted by Crippen LogP contribution is -2.32. The molecule has 1 aliphatic rings. The van der Waals surface area contributed by atoms with Gasteiger partial charge in [0, 0.05) is 30.3 Å². The maximum atomic E-state index is 11.9. The molecule has 0 fully saturated rings. The minimum Gasteiger partial charge on any atom is -0.384 e. The van der Waals surface area contributed by atoms with E-state index in [2.05, 4.69) is 16.6 Å². The van der Waals surface area contributed by atoms with Crippen LogP contribution in [0.4, 0.5) is 5.69 Å². The first-order valence-electron chi connectivity index (χ1n) is 5.82. The molecular formula is C14H16N2O. The molecule has 0 spiro atoms. The van der Waals surface area contributed by atoms with Crippen molar-refractivity contribution in [3.8, 4) is 12.3 Å². The molecule has 1 unspecified atom stereocenters. The number of fused-ring (bicyclic) bond motifs is 1. The summed E-state index contributed by atoms with van der Waals surface area (Å²) in [5.41, 5.74) is 3.05. The van der Waals surface area contributed by atoms with Crippen LogP contribution in [0.2, 0.25) is 0 Å². The lowest BCUT2D eigenvalue weighted by molar-refractivity contribution is 0.0941. The Bertz CT molecular complexity index is 474. The van der Waals surface area contributed by atoms with Gasteiger partial charge < -0.3 is 10.6 Å². The fourth-order valence-electron chi connectivity index (χ4n) is 1.98. The summed E-state index contributed by atoms with van der Waals surface area (Å²) >= 11 is 0. The van der Waals surface area contributed by atoms with Crippen molar-refractivity contribution < 1.29 is 4.79 Å². The molecule has 17 heavy (non-hydrogen) atoms. The predicted octanol–water partition coefficient (Wildman–Crippen LogP) is 1.80. The van der Waals surface area contributed by atoms with E-state index in [9.17, 15) is 4.79 Å². The second-order valence-corrected chi connectivity index (χ2v) is 4.33. The standard InChI is InChI=1S/C14H16N2O/c1-3-4-10(2)16-14(17)12-5-6-13-11(9-12)7-8-15-13/h1,5-6,9-10,15H,4,7-8H2,2H3,(H,16,17).